The number of carbonyl (C=O) groups excluding carboxylic acids is 1. The van der Waals surface area contributed by atoms with Crippen molar-refractivity contribution in [2.45, 2.75) is 32.9 Å². The standard InChI is InChI=1S/C11H16N2O6S2/c1-11(2,3)19-10(14)12(21(4,17)18)6-8-5-9(13(15)16)20-7-8/h5,7H,6H2,1-4H3. The number of carbonyl (C=O) groups is 1. The highest BCUT2D eigenvalue weighted by Crippen LogP contribution is 2.24. The average molecular weight is 336 g/mol. The van der Waals surface area contributed by atoms with Gasteiger partial charge in [-0.05, 0) is 26.3 Å². The second kappa shape index (κ2) is 5.98. The van der Waals surface area contributed by atoms with Gasteiger partial charge in [-0.25, -0.2) is 17.5 Å². The smallest absolute Gasteiger partial charge is 0.424 e. The van der Waals surface area contributed by atoms with E-state index < -0.39 is 26.6 Å². The van der Waals surface area contributed by atoms with Crippen molar-refractivity contribution in [2.75, 3.05) is 6.26 Å². The summed E-state index contributed by atoms with van der Waals surface area (Å²) in [6.45, 7) is 4.53. The van der Waals surface area contributed by atoms with Crippen LogP contribution < -0.4 is 0 Å². The van der Waals surface area contributed by atoms with Crippen LogP contribution in [0.5, 0.6) is 0 Å². The van der Waals surface area contributed by atoms with Gasteiger partial charge in [0.15, 0.2) is 0 Å². The van der Waals surface area contributed by atoms with Crippen molar-refractivity contribution in [3.63, 3.8) is 0 Å². The van der Waals surface area contributed by atoms with E-state index in [1.165, 1.54) is 11.4 Å². The van der Waals surface area contributed by atoms with Crippen LogP contribution in [0, 0.1) is 10.1 Å². The first-order valence-corrected chi connectivity index (χ1v) is 8.55. The van der Waals surface area contributed by atoms with Crippen LogP contribution in [0.25, 0.3) is 0 Å². The fourth-order valence-electron chi connectivity index (χ4n) is 1.34. The van der Waals surface area contributed by atoms with Gasteiger partial charge in [-0.2, -0.15) is 0 Å². The summed E-state index contributed by atoms with van der Waals surface area (Å²) in [6.07, 6.45) is -0.142. The highest BCUT2D eigenvalue weighted by atomic mass is 32.2. The molecule has 0 saturated carbocycles. The Morgan fingerprint density at radius 3 is 2.43 bits per heavy atom. The lowest BCUT2D eigenvalue weighted by atomic mass is 10.2. The van der Waals surface area contributed by atoms with Crippen LogP contribution in [0.3, 0.4) is 0 Å². The molecule has 0 aliphatic heterocycles. The average Bonchev–Trinajstić information content (AvgIpc) is 2.69. The third kappa shape index (κ3) is 5.31. The first-order chi connectivity index (χ1) is 9.40. The molecule has 1 rings (SSSR count). The van der Waals surface area contributed by atoms with Gasteiger partial charge >= 0.3 is 11.1 Å². The lowest BCUT2D eigenvalue weighted by Crippen LogP contribution is -2.39. The van der Waals surface area contributed by atoms with E-state index in [9.17, 15) is 23.3 Å². The predicted octanol–water partition coefficient (Wildman–Crippen LogP) is 2.35. The number of amides is 1. The van der Waals surface area contributed by atoms with E-state index in [2.05, 4.69) is 0 Å². The zero-order valence-corrected chi connectivity index (χ0v) is 13.7. The fourth-order valence-corrected chi connectivity index (χ4v) is 2.75. The SMILES string of the molecule is CC(C)(C)OC(=O)N(Cc1csc([N+](=O)[O-])c1)S(C)(=O)=O. The molecule has 0 aliphatic carbocycles. The van der Waals surface area contributed by atoms with Gasteiger partial charge < -0.3 is 4.74 Å². The minimum atomic E-state index is -3.85. The van der Waals surface area contributed by atoms with Gasteiger partial charge in [0.05, 0.1) is 17.7 Å². The van der Waals surface area contributed by atoms with E-state index in [4.69, 9.17) is 4.74 Å². The summed E-state index contributed by atoms with van der Waals surface area (Å²) in [4.78, 5) is 22.0. The Bertz CT molecular complexity index is 644. The molecule has 0 aromatic carbocycles. The zero-order valence-electron chi connectivity index (χ0n) is 12.0. The van der Waals surface area contributed by atoms with Crippen molar-refractivity contribution in [1.82, 2.24) is 4.31 Å². The molecule has 1 heterocycles. The molecule has 10 heteroatoms. The Labute approximate surface area is 126 Å². The van der Waals surface area contributed by atoms with E-state index in [-0.39, 0.29) is 11.5 Å². The molecule has 8 nitrogen and oxygen atoms in total. The highest BCUT2D eigenvalue weighted by Gasteiger charge is 2.29. The van der Waals surface area contributed by atoms with Crippen molar-refractivity contribution in [3.05, 3.63) is 27.1 Å². The van der Waals surface area contributed by atoms with Crippen molar-refractivity contribution >= 4 is 32.5 Å². The summed E-state index contributed by atoms with van der Waals surface area (Å²) >= 11 is 0.862. The van der Waals surface area contributed by atoms with Crippen LogP contribution in [0.1, 0.15) is 26.3 Å². The predicted molar refractivity (Wildman–Crippen MR) is 77.6 cm³/mol. The van der Waals surface area contributed by atoms with Crippen LogP contribution in [0.4, 0.5) is 9.80 Å². The highest BCUT2D eigenvalue weighted by molar-refractivity contribution is 7.88. The van der Waals surface area contributed by atoms with Gasteiger partial charge in [0.1, 0.15) is 5.60 Å². The summed E-state index contributed by atoms with van der Waals surface area (Å²) in [5.74, 6) is 0. The number of ether oxygens (including phenoxy) is 1. The summed E-state index contributed by atoms with van der Waals surface area (Å²) < 4.78 is 29.0. The minimum absolute atomic E-state index is 0.123. The Balaban J connectivity index is 2.99. The van der Waals surface area contributed by atoms with E-state index in [1.807, 2.05) is 0 Å². The largest absolute Gasteiger partial charge is 0.443 e. The lowest BCUT2D eigenvalue weighted by Gasteiger charge is -2.25. The van der Waals surface area contributed by atoms with Gasteiger partial charge in [0, 0.05) is 11.4 Å². The Kier molecular flexibility index (Phi) is 4.95. The topological polar surface area (TPSA) is 107 Å². The van der Waals surface area contributed by atoms with Crippen LogP contribution in [-0.4, -0.2) is 35.6 Å². The monoisotopic (exact) mass is 336 g/mol. The molecular weight excluding hydrogens is 320 g/mol. The molecule has 0 unspecified atom stereocenters. The molecule has 1 amide bonds. The van der Waals surface area contributed by atoms with Crippen molar-refractivity contribution < 1.29 is 22.9 Å². The molecule has 0 bridgehead atoms. The molecule has 0 aliphatic rings. The third-order valence-corrected chi connectivity index (χ3v) is 4.15. The second-order valence-electron chi connectivity index (χ2n) is 5.30. The molecule has 21 heavy (non-hydrogen) atoms. The van der Waals surface area contributed by atoms with Crippen molar-refractivity contribution in [2.24, 2.45) is 0 Å². The van der Waals surface area contributed by atoms with Crippen molar-refractivity contribution in [1.29, 1.82) is 0 Å². The van der Waals surface area contributed by atoms with E-state index in [0.717, 1.165) is 17.6 Å². The number of sulfonamides is 1. The quantitative estimate of drug-likeness (QED) is 0.617. The second-order valence-corrected chi connectivity index (χ2v) is 8.10. The summed E-state index contributed by atoms with van der Waals surface area (Å²) in [5.41, 5.74) is -0.497. The normalized spacial score (nSPS) is 12.0. The molecule has 1 aromatic heterocycles. The summed E-state index contributed by atoms with van der Waals surface area (Å²) in [6, 6.07) is 1.23. The number of nitro groups is 1. The summed E-state index contributed by atoms with van der Waals surface area (Å²) in [7, 11) is -3.85. The molecule has 0 atom stereocenters. The molecule has 118 valence electrons. The van der Waals surface area contributed by atoms with Gasteiger partial charge in [-0.1, -0.05) is 11.3 Å². The Hall–Kier alpha value is -1.68. The number of thiophene rings is 1. The van der Waals surface area contributed by atoms with Crippen LogP contribution in [-0.2, 0) is 21.3 Å². The number of nitrogens with zero attached hydrogens (tertiary/aromatic N) is 2. The lowest BCUT2D eigenvalue weighted by molar-refractivity contribution is -0.380. The first-order valence-electron chi connectivity index (χ1n) is 5.82. The summed E-state index contributed by atoms with van der Waals surface area (Å²) in [5, 5.41) is 11.9. The maximum absolute atomic E-state index is 11.9. The van der Waals surface area contributed by atoms with Crippen LogP contribution in [0.2, 0.25) is 0 Å². The van der Waals surface area contributed by atoms with Gasteiger partial charge in [-0.3, -0.25) is 10.1 Å². The molecular formula is C11H16N2O6S2. The fraction of sp³-hybridized carbons (Fsp3) is 0.545. The molecule has 0 spiro atoms. The number of rotatable bonds is 4. The Morgan fingerprint density at radius 2 is 2.05 bits per heavy atom. The zero-order chi connectivity index (χ0) is 16.4. The number of hydrogen-bond donors (Lipinski definition) is 0. The van der Waals surface area contributed by atoms with Crippen LogP contribution >= 0.6 is 11.3 Å². The van der Waals surface area contributed by atoms with Crippen molar-refractivity contribution in [3.8, 4) is 0 Å². The van der Waals surface area contributed by atoms with Gasteiger partial charge in [-0.15, -0.1) is 0 Å². The molecule has 0 fully saturated rings. The first kappa shape index (κ1) is 17.4. The molecule has 0 radical (unpaired) electrons. The van der Waals surface area contributed by atoms with E-state index in [0.29, 0.717) is 9.87 Å². The van der Waals surface area contributed by atoms with Gasteiger partial charge in [0.2, 0.25) is 10.0 Å². The molecule has 0 N–H and O–H groups in total. The van der Waals surface area contributed by atoms with Crippen LogP contribution in [0.15, 0.2) is 11.4 Å². The minimum Gasteiger partial charge on any atom is -0.443 e. The maximum Gasteiger partial charge on any atom is 0.424 e. The molecule has 1 aromatic rings. The third-order valence-electron chi connectivity index (χ3n) is 2.14. The molecule has 0 saturated heterocycles. The van der Waals surface area contributed by atoms with Gasteiger partial charge in [0.25, 0.3) is 0 Å². The number of hydrogen-bond acceptors (Lipinski definition) is 7. The van der Waals surface area contributed by atoms with E-state index >= 15 is 0 Å². The van der Waals surface area contributed by atoms with E-state index in [1.54, 1.807) is 20.8 Å². The maximum atomic E-state index is 11.9. The Morgan fingerprint density at radius 1 is 1.48 bits per heavy atom.